The summed E-state index contributed by atoms with van der Waals surface area (Å²) in [5, 5.41) is 11.5. The number of nitro groups is 1. The first-order valence-corrected chi connectivity index (χ1v) is 9.68. The quantitative estimate of drug-likeness (QED) is 0.606. The summed E-state index contributed by atoms with van der Waals surface area (Å²) in [5.74, 6) is 0. The van der Waals surface area contributed by atoms with Crippen molar-refractivity contribution in [3.63, 3.8) is 0 Å². The molecule has 1 aliphatic rings. The molecule has 26 heavy (non-hydrogen) atoms. The van der Waals surface area contributed by atoms with E-state index in [4.69, 9.17) is 23.2 Å². The van der Waals surface area contributed by atoms with Gasteiger partial charge in [0, 0.05) is 24.2 Å². The summed E-state index contributed by atoms with van der Waals surface area (Å²) < 4.78 is 26.7. The highest BCUT2D eigenvalue weighted by Crippen LogP contribution is 2.28. The minimum Gasteiger partial charge on any atom is -0.305 e. The molecule has 1 N–H and O–H groups in total. The van der Waals surface area contributed by atoms with Gasteiger partial charge in [0.15, 0.2) is 0 Å². The molecule has 136 valence electrons. The summed E-state index contributed by atoms with van der Waals surface area (Å²) in [4.78, 5) is 10.1. The monoisotopic (exact) mass is 413 g/mol. The molecule has 1 aliphatic heterocycles. The van der Waals surface area contributed by atoms with E-state index in [0.717, 1.165) is 16.5 Å². The van der Waals surface area contributed by atoms with E-state index in [1.54, 1.807) is 18.2 Å². The predicted molar refractivity (Wildman–Crippen MR) is 99.2 cm³/mol. The fraction of sp³-hybridized carbons (Fsp3) is 0.125. The number of halogens is 2. The zero-order valence-corrected chi connectivity index (χ0v) is 15.6. The molecule has 0 spiro atoms. The van der Waals surface area contributed by atoms with Crippen LogP contribution < -0.4 is 5.43 Å². The average molecular weight is 414 g/mol. The van der Waals surface area contributed by atoms with Crippen molar-refractivity contribution in [2.75, 3.05) is 6.54 Å². The lowest BCUT2D eigenvalue weighted by Gasteiger charge is -2.28. The van der Waals surface area contributed by atoms with Crippen LogP contribution in [-0.2, 0) is 10.0 Å². The normalized spacial score (nSPS) is 15.2. The Morgan fingerprint density at radius 3 is 2.38 bits per heavy atom. The van der Waals surface area contributed by atoms with Gasteiger partial charge < -0.3 is 5.43 Å². The van der Waals surface area contributed by atoms with Gasteiger partial charge in [0.05, 0.1) is 25.6 Å². The third-order valence-electron chi connectivity index (χ3n) is 3.79. The molecule has 0 atom stereocenters. The van der Waals surface area contributed by atoms with Crippen LogP contribution in [0.5, 0.6) is 0 Å². The molecule has 0 fully saturated rings. The number of benzene rings is 2. The molecular formula is C16H13Cl2N3O4S. The third kappa shape index (κ3) is 3.68. The average Bonchev–Trinajstić information content (AvgIpc) is 2.64. The van der Waals surface area contributed by atoms with Crippen LogP contribution in [0.4, 0.5) is 5.69 Å². The molecular weight excluding hydrogens is 401 g/mol. The highest BCUT2D eigenvalue weighted by molar-refractivity contribution is 7.89. The highest BCUT2D eigenvalue weighted by atomic mass is 35.5. The van der Waals surface area contributed by atoms with Crippen molar-refractivity contribution in [2.45, 2.75) is 11.3 Å². The Labute approximate surface area is 160 Å². The first-order valence-electron chi connectivity index (χ1n) is 7.48. The number of hydrazine groups is 1. The van der Waals surface area contributed by atoms with Crippen molar-refractivity contribution < 1.29 is 13.3 Å². The fourth-order valence-electron chi connectivity index (χ4n) is 2.46. The SMILES string of the molecule is O=[N+]([O-])c1ccc(S(=O)(=O)N2CCC=C(c3ccc(Cl)c(Cl)c3)N2)cc1. The van der Waals surface area contributed by atoms with Crippen LogP contribution in [0.15, 0.2) is 53.4 Å². The summed E-state index contributed by atoms with van der Waals surface area (Å²) >= 11 is 11.9. The number of non-ortho nitro benzene ring substituents is 1. The van der Waals surface area contributed by atoms with Gasteiger partial charge in [-0.2, -0.15) is 0 Å². The molecule has 0 aliphatic carbocycles. The first kappa shape index (κ1) is 18.7. The molecule has 3 rings (SSSR count). The zero-order valence-electron chi connectivity index (χ0n) is 13.2. The van der Waals surface area contributed by atoms with Gasteiger partial charge in [-0.25, -0.2) is 8.42 Å². The Kier molecular flexibility index (Phi) is 5.19. The summed E-state index contributed by atoms with van der Waals surface area (Å²) in [6, 6.07) is 9.75. The van der Waals surface area contributed by atoms with Crippen molar-refractivity contribution in [3.8, 4) is 0 Å². The molecule has 0 saturated carbocycles. The molecule has 2 aromatic rings. The Balaban J connectivity index is 1.86. The van der Waals surface area contributed by atoms with Crippen LogP contribution >= 0.6 is 23.2 Å². The maximum atomic E-state index is 12.8. The predicted octanol–water partition coefficient (Wildman–Crippen LogP) is 3.84. The molecule has 0 radical (unpaired) electrons. The van der Waals surface area contributed by atoms with E-state index in [2.05, 4.69) is 5.43 Å². The summed E-state index contributed by atoms with van der Waals surface area (Å²) in [6.45, 7) is 0.226. The van der Waals surface area contributed by atoms with E-state index >= 15 is 0 Å². The van der Waals surface area contributed by atoms with Crippen LogP contribution in [0.3, 0.4) is 0 Å². The van der Waals surface area contributed by atoms with Crippen LogP contribution in [0.25, 0.3) is 5.70 Å². The van der Waals surface area contributed by atoms with Crippen LogP contribution in [0.2, 0.25) is 10.0 Å². The van der Waals surface area contributed by atoms with E-state index in [0.29, 0.717) is 27.7 Å². The second-order valence-electron chi connectivity index (χ2n) is 5.48. The zero-order chi connectivity index (χ0) is 18.9. The van der Waals surface area contributed by atoms with Crippen LogP contribution in [0.1, 0.15) is 12.0 Å². The molecule has 0 saturated heterocycles. The lowest BCUT2D eigenvalue weighted by Crippen LogP contribution is -2.44. The Morgan fingerprint density at radius 2 is 1.77 bits per heavy atom. The molecule has 0 unspecified atom stereocenters. The lowest BCUT2D eigenvalue weighted by atomic mass is 10.1. The standard InChI is InChI=1S/C16H13Cl2N3O4S/c17-14-8-3-11(10-15(14)18)16-2-1-9-20(19-16)26(24,25)13-6-4-12(5-7-13)21(22)23/h2-8,10,19H,1,9H2. The van der Waals surface area contributed by atoms with Gasteiger partial charge in [0.25, 0.3) is 15.7 Å². The van der Waals surface area contributed by atoms with Crippen molar-refractivity contribution in [1.29, 1.82) is 0 Å². The Morgan fingerprint density at radius 1 is 1.08 bits per heavy atom. The van der Waals surface area contributed by atoms with Gasteiger partial charge in [0.1, 0.15) is 0 Å². The number of hydrogen-bond donors (Lipinski definition) is 1. The molecule has 0 aromatic heterocycles. The number of hydrogen-bond acceptors (Lipinski definition) is 5. The maximum absolute atomic E-state index is 12.8. The van der Waals surface area contributed by atoms with Crippen molar-refractivity contribution in [1.82, 2.24) is 9.84 Å². The Hall–Kier alpha value is -2.13. The smallest absolute Gasteiger partial charge is 0.269 e. The van der Waals surface area contributed by atoms with E-state index in [9.17, 15) is 18.5 Å². The molecule has 0 bridgehead atoms. The van der Waals surface area contributed by atoms with E-state index in [1.165, 1.54) is 12.1 Å². The maximum Gasteiger partial charge on any atom is 0.269 e. The van der Waals surface area contributed by atoms with Gasteiger partial charge in [-0.1, -0.05) is 35.3 Å². The van der Waals surface area contributed by atoms with Gasteiger partial charge in [-0.15, -0.1) is 4.41 Å². The highest BCUT2D eigenvalue weighted by Gasteiger charge is 2.27. The Bertz CT molecular complexity index is 991. The largest absolute Gasteiger partial charge is 0.305 e. The second kappa shape index (κ2) is 7.24. The lowest BCUT2D eigenvalue weighted by molar-refractivity contribution is -0.384. The van der Waals surface area contributed by atoms with Crippen molar-refractivity contribution in [2.24, 2.45) is 0 Å². The molecule has 1 heterocycles. The fourth-order valence-corrected chi connectivity index (χ4v) is 4.05. The van der Waals surface area contributed by atoms with Gasteiger partial charge in [0.2, 0.25) is 0 Å². The minimum absolute atomic E-state index is 0.0361. The molecule has 7 nitrogen and oxygen atoms in total. The van der Waals surface area contributed by atoms with E-state index < -0.39 is 14.9 Å². The first-order chi connectivity index (χ1) is 12.3. The summed E-state index contributed by atoms with van der Waals surface area (Å²) in [5.41, 5.74) is 3.97. The van der Waals surface area contributed by atoms with Crippen molar-refractivity contribution in [3.05, 3.63) is 74.3 Å². The molecule has 0 amide bonds. The number of nitrogens with zero attached hydrogens (tertiary/aromatic N) is 2. The van der Waals surface area contributed by atoms with Gasteiger partial charge >= 0.3 is 0 Å². The number of nitro benzene ring substituents is 1. The van der Waals surface area contributed by atoms with Crippen molar-refractivity contribution >= 4 is 44.6 Å². The number of sulfonamides is 1. The van der Waals surface area contributed by atoms with Crippen LogP contribution in [0, 0.1) is 10.1 Å². The topological polar surface area (TPSA) is 92.5 Å². The summed E-state index contributed by atoms with van der Waals surface area (Å²) in [6.07, 6.45) is 2.36. The van der Waals surface area contributed by atoms with E-state index in [-0.39, 0.29) is 17.1 Å². The van der Waals surface area contributed by atoms with Crippen LogP contribution in [-0.4, -0.2) is 24.3 Å². The van der Waals surface area contributed by atoms with Gasteiger partial charge in [-0.05, 0) is 30.7 Å². The van der Waals surface area contributed by atoms with E-state index in [1.807, 2.05) is 6.08 Å². The molecule has 10 heteroatoms. The molecule has 2 aromatic carbocycles. The number of rotatable bonds is 4. The minimum atomic E-state index is -3.86. The van der Waals surface area contributed by atoms with Gasteiger partial charge in [-0.3, -0.25) is 10.1 Å². The third-order valence-corrected chi connectivity index (χ3v) is 6.25. The number of nitrogens with one attached hydrogen (secondary N) is 1. The summed E-state index contributed by atoms with van der Waals surface area (Å²) in [7, 11) is -3.86. The second-order valence-corrected chi connectivity index (χ2v) is 8.15.